The second kappa shape index (κ2) is 7.27. The molecule has 0 bridgehead atoms. The van der Waals surface area contributed by atoms with E-state index in [0.717, 1.165) is 18.0 Å². The summed E-state index contributed by atoms with van der Waals surface area (Å²) in [5, 5.41) is 0. The molecule has 4 aromatic heterocycles. The zero-order valence-corrected chi connectivity index (χ0v) is 15.3. The second-order valence-corrected chi connectivity index (χ2v) is 7.62. The number of furan rings is 1. The van der Waals surface area contributed by atoms with Crippen molar-refractivity contribution in [1.29, 1.82) is 0 Å². The zero-order chi connectivity index (χ0) is 17.9. The molecule has 4 aromatic rings. The first-order chi connectivity index (χ1) is 12.7. The lowest BCUT2D eigenvalue weighted by atomic mass is 10.3. The van der Waals surface area contributed by atoms with E-state index in [0.29, 0.717) is 18.7 Å². The molecule has 0 aliphatic carbocycles. The van der Waals surface area contributed by atoms with Crippen LogP contribution >= 0.6 is 11.3 Å². The summed E-state index contributed by atoms with van der Waals surface area (Å²) >= 11 is 1.79. The van der Waals surface area contributed by atoms with Gasteiger partial charge in [-0.05, 0) is 43.3 Å². The third kappa shape index (κ3) is 3.76. The minimum absolute atomic E-state index is 0.0597. The van der Waals surface area contributed by atoms with E-state index < -0.39 is 0 Å². The Hall–Kier alpha value is -2.70. The van der Waals surface area contributed by atoms with E-state index in [2.05, 4.69) is 28.9 Å². The Morgan fingerprint density at radius 1 is 1.12 bits per heavy atom. The molecule has 0 amide bonds. The summed E-state index contributed by atoms with van der Waals surface area (Å²) in [6, 6.07) is 15.3. The fraction of sp³-hybridized carbons (Fsp3) is 0.200. The summed E-state index contributed by atoms with van der Waals surface area (Å²) in [6.45, 7) is 4.14. The van der Waals surface area contributed by atoms with Gasteiger partial charge in [0.25, 0.3) is 5.56 Å². The van der Waals surface area contributed by atoms with Gasteiger partial charge in [0.05, 0.1) is 18.5 Å². The first kappa shape index (κ1) is 16.8. The van der Waals surface area contributed by atoms with Gasteiger partial charge in [-0.25, -0.2) is 4.98 Å². The van der Waals surface area contributed by atoms with Crippen molar-refractivity contribution in [1.82, 2.24) is 14.3 Å². The standard InChI is InChI=1S/C20H19N3O2S/c1-15-7-8-18(26-15)14-22(13-17-5-4-10-25-17)12-16-11-20(24)23-9-3-2-6-19(23)21-16/h2-11H,12-14H2,1H3. The predicted octanol–water partition coefficient (Wildman–Crippen LogP) is 3.86. The smallest absolute Gasteiger partial charge is 0.258 e. The fourth-order valence-corrected chi connectivity index (χ4v) is 3.93. The van der Waals surface area contributed by atoms with Crippen molar-refractivity contribution in [2.75, 3.05) is 0 Å². The molecule has 0 saturated heterocycles. The molecular weight excluding hydrogens is 346 g/mol. The Morgan fingerprint density at radius 3 is 2.81 bits per heavy atom. The van der Waals surface area contributed by atoms with E-state index in [1.54, 1.807) is 34.3 Å². The van der Waals surface area contributed by atoms with Crippen LogP contribution in [0.3, 0.4) is 0 Å². The van der Waals surface area contributed by atoms with Crippen molar-refractivity contribution >= 4 is 17.0 Å². The van der Waals surface area contributed by atoms with Crippen LogP contribution in [0.5, 0.6) is 0 Å². The van der Waals surface area contributed by atoms with Crippen molar-refractivity contribution < 1.29 is 4.42 Å². The average Bonchev–Trinajstić information content (AvgIpc) is 3.27. The maximum atomic E-state index is 12.3. The Labute approximate surface area is 155 Å². The quantitative estimate of drug-likeness (QED) is 0.521. The summed E-state index contributed by atoms with van der Waals surface area (Å²) in [4.78, 5) is 21.8. The molecule has 132 valence electrons. The van der Waals surface area contributed by atoms with Gasteiger partial charge in [0, 0.05) is 35.1 Å². The highest BCUT2D eigenvalue weighted by Gasteiger charge is 2.13. The van der Waals surface area contributed by atoms with Crippen molar-refractivity contribution in [2.45, 2.75) is 26.6 Å². The third-order valence-electron chi connectivity index (χ3n) is 4.14. The summed E-state index contributed by atoms with van der Waals surface area (Å²) in [7, 11) is 0. The number of hydrogen-bond donors (Lipinski definition) is 0. The lowest BCUT2D eigenvalue weighted by Gasteiger charge is -2.20. The van der Waals surface area contributed by atoms with Gasteiger partial charge in [-0.1, -0.05) is 6.07 Å². The maximum absolute atomic E-state index is 12.3. The molecule has 26 heavy (non-hydrogen) atoms. The molecule has 0 aliphatic rings. The molecule has 0 saturated carbocycles. The number of aromatic nitrogens is 2. The van der Waals surface area contributed by atoms with Gasteiger partial charge >= 0.3 is 0 Å². The predicted molar refractivity (Wildman–Crippen MR) is 102 cm³/mol. The minimum atomic E-state index is -0.0597. The Balaban J connectivity index is 1.62. The molecule has 6 heteroatoms. The summed E-state index contributed by atoms with van der Waals surface area (Å²) in [6.07, 6.45) is 3.42. The normalized spacial score (nSPS) is 11.5. The average molecular weight is 365 g/mol. The number of hydrogen-bond acceptors (Lipinski definition) is 5. The highest BCUT2D eigenvalue weighted by molar-refractivity contribution is 7.11. The van der Waals surface area contributed by atoms with Gasteiger partial charge < -0.3 is 4.42 Å². The van der Waals surface area contributed by atoms with Crippen LogP contribution in [0, 0.1) is 6.92 Å². The van der Waals surface area contributed by atoms with E-state index in [4.69, 9.17) is 4.42 Å². The third-order valence-corrected chi connectivity index (χ3v) is 5.13. The maximum Gasteiger partial charge on any atom is 0.258 e. The monoisotopic (exact) mass is 365 g/mol. The number of fused-ring (bicyclic) bond motifs is 1. The van der Waals surface area contributed by atoms with Crippen molar-refractivity contribution in [3.8, 4) is 0 Å². The molecule has 5 nitrogen and oxygen atoms in total. The van der Waals surface area contributed by atoms with Crippen LogP contribution in [0.4, 0.5) is 0 Å². The van der Waals surface area contributed by atoms with Crippen LogP contribution in [0.1, 0.15) is 21.2 Å². The van der Waals surface area contributed by atoms with Crippen LogP contribution in [0.15, 0.2) is 70.2 Å². The SMILES string of the molecule is Cc1ccc(CN(Cc2cc(=O)n3ccccc3n2)Cc2ccco2)s1. The Bertz CT molecular complexity index is 1070. The molecule has 0 radical (unpaired) electrons. The van der Waals surface area contributed by atoms with E-state index in [1.165, 1.54) is 9.75 Å². The van der Waals surface area contributed by atoms with Gasteiger partial charge in [0.15, 0.2) is 0 Å². The van der Waals surface area contributed by atoms with E-state index >= 15 is 0 Å². The van der Waals surface area contributed by atoms with Crippen molar-refractivity contribution in [3.63, 3.8) is 0 Å². The fourth-order valence-electron chi connectivity index (χ4n) is 2.99. The second-order valence-electron chi connectivity index (χ2n) is 6.25. The van der Waals surface area contributed by atoms with Crippen LogP contribution in [0.2, 0.25) is 0 Å². The molecule has 0 atom stereocenters. The summed E-state index contributed by atoms with van der Waals surface area (Å²) < 4.78 is 7.07. The number of thiophene rings is 1. The van der Waals surface area contributed by atoms with E-state index in [9.17, 15) is 4.79 Å². The summed E-state index contributed by atoms with van der Waals surface area (Å²) in [5.74, 6) is 0.899. The molecule has 0 spiro atoms. The van der Waals surface area contributed by atoms with Gasteiger partial charge in [-0.15, -0.1) is 11.3 Å². The number of rotatable bonds is 6. The van der Waals surface area contributed by atoms with E-state index in [-0.39, 0.29) is 5.56 Å². The summed E-state index contributed by atoms with van der Waals surface area (Å²) in [5.41, 5.74) is 1.37. The molecule has 0 aromatic carbocycles. The molecule has 0 N–H and O–H groups in total. The highest BCUT2D eigenvalue weighted by atomic mass is 32.1. The Kier molecular flexibility index (Phi) is 4.69. The number of nitrogens with zero attached hydrogens (tertiary/aromatic N) is 3. The molecule has 0 aliphatic heterocycles. The molecular formula is C20H19N3O2S. The van der Waals surface area contributed by atoms with Crippen LogP contribution < -0.4 is 5.56 Å². The minimum Gasteiger partial charge on any atom is -0.468 e. The van der Waals surface area contributed by atoms with Crippen LogP contribution in [-0.2, 0) is 19.6 Å². The van der Waals surface area contributed by atoms with Crippen molar-refractivity contribution in [3.05, 3.63) is 92.6 Å². The first-order valence-corrected chi connectivity index (χ1v) is 9.26. The molecule has 4 heterocycles. The zero-order valence-electron chi connectivity index (χ0n) is 14.5. The largest absolute Gasteiger partial charge is 0.468 e. The lowest BCUT2D eigenvalue weighted by molar-refractivity contribution is 0.226. The first-order valence-electron chi connectivity index (χ1n) is 8.45. The molecule has 4 rings (SSSR count). The van der Waals surface area contributed by atoms with Gasteiger partial charge in [-0.3, -0.25) is 14.1 Å². The lowest BCUT2D eigenvalue weighted by Crippen LogP contribution is -2.24. The molecule has 0 unspecified atom stereocenters. The highest BCUT2D eigenvalue weighted by Crippen LogP contribution is 2.20. The van der Waals surface area contributed by atoms with Crippen LogP contribution in [-0.4, -0.2) is 14.3 Å². The van der Waals surface area contributed by atoms with Gasteiger partial charge in [0.2, 0.25) is 0 Å². The topological polar surface area (TPSA) is 50.8 Å². The van der Waals surface area contributed by atoms with Gasteiger partial charge in [0.1, 0.15) is 11.4 Å². The van der Waals surface area contributed by atoms with E-state index in [1.807, 2.05) is 30.3 Å². The van der Waals surface area contributed by atoms with Crippen LogP contribution in [0.25, 0.3) is 5.65 Å². The molecule has 0 fully saturated rings. The van der Waals surface area contributed by atoms with Crippen molar-refractivity contribution in [2.24, 2.45) is 0 Å². The Morgan fingerprint density at radius 2 is 2.04 bits per heavy atom. The van der Waals surface area contributed by atoms with Gasteiger partial charge in [-0.2, -0.15) is 0 Å². The number of pyridine rings is 1. The number of aryl methyl sites for hydroxylation is 1.